The fourth-order valence-electron chi connectivity index (χ4n) is 8.53. The normalized spacial score (nSPS) is 14.1. The second kappa shape index (κ2) is 13.2. The van der Waals surface area contributed by atoms with Gasteiger partial charge in [0.15, 0.2) is 0 Å². The van der Waals surface area contributed by atoms with Gasteiger partial charge in [-0.2, -0.15) is 0 Å². The zero-order valence-corrected chi connectivity index (χ0v) is 30.5. The Balaban J connectivity index is 0.966. The fourth-order valence-corrected chi connectivity index (χ4v) is 8.53. The highest BCUT2D eigenvalue weighted by Crippen LogP contribution is 2.38. The quantitative estimate of drug-likeness (QED) is 0.183. The first-order valence-electron chi connectivity index (χ1n) is 19.2. The summed E-state index contributed by atoms with van der Waals surface area (Å²) in [6, 6.07) is 69.8. The lowest BCUT2D eigenvalue weighted by molar-refractivity contribution is 0.499. The van der Waals surface area contributed by atoms with Gasteiger partial charge in [0.2, 0.25) is 6.29 Å². The van der Waals surface area contributed by atoms with Crippen LogP contribution >= 0.6 is 0 Å². The number of aliphatic imine (C=N–C) groups is 1. The minimum absolute atomic E-state index is 0.308. The molecule has 0 amide bonds. The summed E-state index contributed by atoms with van der Waals surface area (Å²) in [4.78, 5) is 5.33. The molecular formula is C52H36N4. The first-order valence-corrected chi connectivity index (χ1v) is 19.2. The molecule has 0 aliphatic carbocycles. The first-order chi connectivity index (χ1) is 27.8. The summed E-state index contributed by atoms with van der Waals surface area (Å²) >= 11 is 0. The molecule has 4 heteroatoms. The van der Waals surface area contributed by atoms with Gasteiger partial charge in [0.05, 0.1) is 27.8 Å². The Labute approximate surface area is 324 Å². The van der Waals surface area contributed by atoms with Crippen LogP contribution in [0.4, 0.5) is 0 Å². The maximum atomic E-state index is 5.33. The molecule has 1 N–H and O–H groups in total. The van der Waals surface area contributed by atoms with Crippen molar-refractivity contribution in [3.8, 4) is 39.1 Å². The highest BCUT2D eigenvalue weighted by atomic mass is 15.3. The molecule has 0 fully saturated rings. The van der Waals surface area contributed by atoms with Crippen LogP contribution in [-0.4, -0.2) is 14.8 Å². The molecule has 0 saturated heterocycles. The maximum Gasteiger partial charge on any atom is 0.201 e. The van der Waals surface area contributed by atoms with E-state index in [0.717, 1.165) is 22.3 Å². The van der Waals surface area contributed by atoms with Crippen molar-refractivity contribution < 1.29 is 0 Å². The summed E-state index contributed by atoms with van der Waals surface area (Å²) in [5.74, 6) is 0. The lowest BCUT2D eigenvalue weighted by Crippen LogP contribution is -2.25. The highest BCUT2D eigenvalue weighted by molar-refractivity contribution is 6.13. The van der Waals surface area contributed by atoms with Gasteiger partial charge in [-0.25, -0.2) is 4.99 Å². The van der Waals surface area contributed by atoms with Crippen LogP contribution in [0.25, 0.3) is 82.7 Å². The average Bonchev–Trinajstić information content (AvgIpc) is 3.79. The molecule has 4 nitrogen and oxygen atoms in total. The van der Waals surface area contributed by atoms with Gasteiger partial charge in [-0.15, -0.1) is 0 Å². The zero-order chi connectivity index (χ0) is 37.0. The van der Waals surface area contributed by atoms with E-state index >= 15 is 0 Å². The number of para-hydroxylation sites is 3. The second-order valence-electron chi connectivity index (χ2n) is 14.5. The van der Waals surface area contributed by atoms with Crippen molar-refractivity contribution in [1.29, 1.82) is 0 Å². The summed E-state index contributed by atoms with van der Waals surface area (Å²) in [6.07, 6.45) is 3.80. The number of aromatic nitrogens is 2. The number of nitrogens with one attached hydrogen (secondary N) is 1. The Morgan fingerprint density at radius 2 is 0.857 bits per heavy atom. The van der Waals surface area contributed by atoms with E-state index in [1.807, 2.05) is 6.20 Å². The first kappa shape index (κ1) is 32.0. The van der Waals surface area contributed by atoms with Gasteiger partial charge in [-0.05, 0) is 94.1 Å². The smallest absolute Gasteiger partial charge is 0.201 e. The number of fused-ring (bicyclic) bond motifs is 6. The van der Waals surface area contributed by atoms with Crippen LogP contribution < -0.4 is 5.32 Å². The van der Waals surface area contributed by atoms with Crippen molar-refractivity contribution in [3.63, 3.8) is 0 Å². The second-order valence-corrected chi connectivity index (χ2v) is 14.5. The molecule has 0 saturated carbocycles. The third-order valence-corrected chi connectivity index (χ3v) is 11.2. The average molecular weight is 717 g/mol. The third kappa shape index (κ3) is 5.34. The fraction of sp³-hybridized carbons (Fsp3) is 0.0192. The molecule has 1 atom stereocenters. The predicted octanol–water partition coefficient (Wildman–Crippen LogP) is 13.0. The van der Waals surface area contributed by atoms with Crippen LogP contribution in [0.1, 0.15) is 11.9 Å². The van der Waals surface area contributed by atoms with E-state index in [4.69, 9.17) is 4.99 Å². The van der Waals surface area contributed by atoms with E-state index in [9.17, 15) is 0 Å². The van der Waals surface area contributed by atoms with E-state index < -0.39 is 0 Å². The summed E-state index contributed by atoms with van der Waals surface area (Å²) in [6.45, 7) is 0. The largest absolute Gasteiger partial charge is 0.353 e. The molecule has 1 aliphatic heterocycles. The predicted molar refractivity (Wildman–Crippen MR) is 234 cm³/mol. The van der Waals surface area contributed by atoms with Crippen LogP contribution in [0, 0.1) is 0 Å². The van der Waals surface area contributed by atoms with Crippen LogP contribution in [0.3, 0.4) is 0 Å². The van der Waals surface area contributed by atoms with Gasteiger partial charge in [-0.1, -0.05) is 140 Å². The molecule has 1 unspecified atom stereocenters. The Morgan fingerprint density at radius 1 is 0.375 bits per heavy atom. The van der Waals surface area contributed by atoms with Crippen LogP contribution in [-0.2, 0) is 0 Å². The number of hydrogen-bond donors (Lipinski definition) is 1. The standard InChI is InChI=1S/C52H36N4/c1-3-12-35(13-4-1)36-22-24-37(25-23-36)38-14-11-15-41(32-38)47-30-31-53-52(54-47)56-49-21-10-8-19-44(49)46-34-40(27-29-51(46)56)39-26-28-50-45(33-39)43-18-7-9-20-48(43)55(50)42-16-5-2-6-17-42/h1-34,52-53H. The minimum atomic E-state index is -0.308. The highest BCUT2D eigenvalue weighted by Gasteiger charge is 2.21. The van der Waals surface area contributed by atoms with Crippen molar-refractivity contribution in [2.75, 3.05) is 0 Å². The topological polar surface area (TPSA) is 34.2 Å². The van der Waals surface area contributed by atoms with E-state index in [1.54, 1.807) is 0 Å². The van der Waals surface area contributed by atoms with E-state index in [2.05, 4.69) is 215 Å². The van der Waals surface area contributed by atoms with Crippen molar-refractivity contribution in [3.05, 3.63) is 212 Å². The van der Waals surface area contributed by atoms with E-state index in [-0.39, 0.29) is 6.29 Å². The minimum Gasteiger partial charge on any atom is -0.353 e. The SMILES string of the molecule is C1=CC(c2cccc(-c3ccc(-c4ccccc4)cc3)c2)=NC(n2c3ccccc3c3cc(-c4ccc5c(c4)c4ccccc4n5-c4ccccc4)ccc32)N1. The number of benzene rings is 8. The maximum absolute atomic E-state index is 5.33. The number of hydrogen-bond acceptors (Lipinski definition) is 2. The van der Waals surface area contributed by atoms with E-state index in [1.165, 1.54) is 71.6 Å². The lowest BCUT2D eigenvalue weighted by Gasteiger charge is -2.22. The summed E-state index contributed by atoms with van der Waals surface area (Å²) < 4.78 is 4.70. The van der Waals surface area contributed by atoms with Gasteiger partial charge < -0.3 is 14.5 Å². The molecule has 264 valence electrons. The Kier molecular flexibility index (Phi) is 7.52. The molecule has 0 radical (unpaired) electrons. The molecule has 2 aromatic heterocycles. The number of nitrogens with zero attached hydrogens (tertiary/aromatic N) is 3. The summed E-state index contributed by atoms with van der Waals surface area (Å²) in [5, 5.41) is 8.48. The Bertz CT molecular complexity index is 3150. The van der Waals surface area contributed by atoms with Crippen molar-refractivity contribution >= 4 is 49.3 Å². The van der Waals surface area contributed by atoms with Crippen molar-refractivity contribution in [1.82, 2.24) is 14.5 Å². The number of rotatable bonds is 6. The van der Waals surface area contributed by atoms with Crippen molar-refractivity contribution in [2.45, 2.75) is 6.29 Å². The van der Waals surface area contributed by atoms with E-state index in [0.29, 0.717) is 0 Å². The molecule has 11 rings (SSSR count). The monoisotopic (exact) mass is 716 g/mol. The molecule has 1 aliphatic rings. The van der Waals surface area contributed by atoms with Crippen molar-refractivity contribution in [2.24, 2.45) is 4.99 Å². The molecule has 0 spiro atoms. The van der Waals surface area contributed by atoms with Gasteiger partial charge in [-0.3, -0.25) is 0 Å². The van der Waals surface area contributed by atoms with Gasteiger partial charge >= 0.3 is 0 Å². The van der Waals surface area contributed by atoms with Gasteiger partial charge in [0.25, 0.3) is 0 Å². The molecule has 10 aromatic rings. The van der Waals surface area contributed by atoms with Gasteiger partial charge in [0.1, 0.15) is 0 Å². The molecule has 8 aromatic carbocycles. The lowest BCUT2D eigenvalue weighted by atomic mass is 9.98. The molecular weight excluding hydrogens is 681 g/mol. The molecule has 56 heavy (non-hydrogen) atoms. The number of allylic oxidation sites excluding steroid dienone is 1. The van der Waals surface area contributed by atoms with Crippen LogP contribution in [0.5, 0.6) is 0 Å². The Morgan fingerprint density at radius 3 is 1.61 bits per heavy atom. The van der Waals surface area contributed by atoms with Crippen LogP contribution in [0.15, 0.2) is 211 Å². The molecule has 0 bridgehead atoms. The third-order valence-electron chi connectivity index (χ3n) is 11.2. The summed E-state index contributed by atoms with van der Waals surface area (Å²) in [5.41, 5.74) is 15.1. The molecule has 3 heterocycles. The Hall–Kier alpha value is -7.43. The summed E-state index contributed by atoms with van der Waals surface area (Å²) in [7, 11) is 0. The van der Waals surface area contributed by atoms with Gasteiger partial charge in [0, 0.05) is 39.0 Å². The zero-order valence-electron chi connectivity index (χ0n) is 30.5. The van der Waals surface area contributed by atoms with Crippen LogP contribution in [0.2, 0.25) is 0 Å².